The first-order valence-corrected chi connectivity index (χ1v) is 7.43. The Morgan fingerprint density at radius 3 is 1.71 bits per heavy atom. The zero-order valence-electron chi connectivity index (χ0n) is 13.4. The minimum Gasteiger partial charge on any atom is -0.0776 e. The minimum absolute atomic E-state index is 0. The van der Waals surface area contributed by atoms with Crippen LogP contribution in [0, 0.1) is 23.2 Å². The molecule has 0 aliphatic heterocycles. The number of hydrogen-bond donors (Lipinski definition) is 0. The Balaban J connectivity index is -0.000000355. The van der Waals surface area contributed by atoms with Crippen LogP contribution < -0.4 is 0 Å². The summed E-state index contributed by atoms with van der Waals surface area (Å²) in [6.45, 7) is 20.0. The molecule has 0 nitrogen and oxygen atoms in total. The molecule has 0 heterocycles. The molecule has 0 radical (unpaired) electrons. The molecule has 0 aromatic carbocycles. The summed E-state index contributed by atoms with van der Waals surface area (Å²) in [7, 11) is 0. The lowest BCUT2D eigenvalue weighted by atomic mass is 9.64. The molecule has 108 valence electrons. The van der Waals surface area contributed by atoms with Gasteiger partial charge in [0.2, 0.25) is 0 Å². The van der Waals surface area contributed by atoms with E-state index in [4.69, 9.17) is 0 Å². The van der Waals surface area contributed by atoms with E-state index >= 15 is 0 Å². The minimum atomic E-state index is 0. The van der Waals surface area contributed by atoms with Crippen molar-refractivity contribution in [3.63, 3.8) is 0 Å². The highest BCUT2D eigenvalue weighted by Crippen LogP contribution is 2.44. The highest BCUT2D eigenvalue weighted by Gasteiger charge is 2.34. The Kier molecular flexibility index (Phi) is 14.5. The van der Waals surface area contributed by atoms with E-state index in [0.29, 0.717) is 5.41 Å². The van der Waals surface area contributed by atoms with Crippen molar-refractivity contribution in [1.29, 1.82) is 0 Å². The zero-order valence-corrected chi connectivity index (χ0v) is 13.4. The highest BCUT2D eigenvalue weighted by molar-refractivity contribution is 4.84. The third-order valence-electron chi connectivity index (χ3n) is 4.09. The van der Waals surface area contributed by atoms with Crippen molar-refractivity contribution in [1.82, 2.24) is 0 Å². The summed E-state index contributed by atoms with van der Waals surface area (Å²) in [5.74, 6) is 2.80. The van der Waals surface area contributed by atoms with Crippen molar-refractivity contribution in [2.45, 2.75) is 89.0 Å². The molecular weight excluding hydrogens is 204 g/mol. The Bertz CT molecular complexity index is 144. The molecule has 0 saturated heterocycles. The lowest BCUT2D eigenvalue weighted by Gasteiger charge is -2.41. The van der Waals surface area contributed by atoms with Crippen LogP contribution in [0.15, 0.2) is 0 Å². The molecule has 1 rings (SSSR count). The third-order valence-corrected chi connectivity index (χ3v) is 4.09. The molecular formula is C17H40. The van der Waals surface area contributed by atoms with Gasteiger partial charge in [0.1, 0.15) is 0 Å². The molecule has 0 heteroatoms. The summed E-state index contributed by atoms with van der Waals surface area (Å²) >= 11 is 0. The molecule has 17 heavy (non-hydrogen) atoms. The van der Waals surface area contributed by atoms with Gasteiger partial charge in [0.05, 0.1) is 0 Å². The van der Waals surface area contributed by atoms with Gasteiger partial charge in [-0.25, -0.2) is 0 Å². The fourth-order valence-electron chi connectivity index (χ4n) is 2.30. The Hall–Kier alpha value is 0. The maximum absolute atomic E-state index is 2.43. The SMILES string of the molecule is C.CC.CC.CC(C)C1CCC(C)(C)C(C)C1. The predicted molar refractivity (Wildman–Crippen MR) is 84.6 cm³/mol. The Morgan fingerprint density at radius 1 is 1.00 bits per heavy atom. The van der Waals surface area contributed by atoms with E-state index in [2.05, 4.69) is 34.6 Å². The van der Waals surface area contributed by atoms with Crippen molar-refractivity contribution in [2.24, 2.45) is 23.2 Å². The molecule has 0 aromatic rings. The topological polar surface area (TPSA) is 0 Å². The summed E-state index contributed by atoms with van der Waals surface area (Å²) in [6, 6.07) is 0. The van der Waals surface area contributed by atoms with Crippen molar-refractivity contribution >= 4 is 0 Å². The van der Waals surface area contributed by atoms with Crippen LogP contribution in [-0.2, 0) is 0 Å². The summed E-state index contributed by atoms with van der Waals surface area (Å²) in [4.78, 5) is 0. The van der Waals surface area contributed by atoms with Crippen LogP contribution in [0.4, 0.5) is 0 Å². The quantitative estimate of drug-likeness (QED) is 0.476. The molecule has 0 N–H and O–H groups in total. The van der Waals surface area contributed by atoms with Crippen molar-refractivity contribution in [2.75, 3.05) is 0 Å². The van der Waals surface area contributed by atoms with Gasteiger partial charge in [0.25, 0.3) is 0 Å². The van der Waals surface area contributed by atoms with Crippen LogP contribution in [-0.4, -0.2) is 0 Å². The fraction of sp³-hybridized carbons (Fsp3) is 1.00. The highest BCUT2D eigenvalue weighted by atomic mass is 14.4. The second-order valence-corrected chi connectivity index (χ2v) is 5.67. The van der Waals surface area contributed by atoms with Crippen LogP contribution >= 0.6 is 0 Å². The van der Waals surface area contributed by atoms with Crippen LogP contribution in [0.3, 0.4) is 0 Å². The Morgan fingerprint density at radius 2 is 1.41 bits per heavy atom. The molecule has 0 spiro atoms. The third kappa shape index (κ3) is 7.84. The second kappa shape index (κ2) is 11.1. The first kappa shape index (κ1) is 22.2. The van der Waals surface area contributed by atoms with E-state index < -0.39 is 0 Å². The normalized spacial score (nSPS) is 25.8. The van der Waals surface area contributed by atoms with Gasteiger partial charge in [0.15, 0.2) is 0 Å². The standard InChI is InChI=1S/C12H24.2C2H6.CH4/c1-9(2)11-6-7-12(4,5)10(3)8-11;2*1-2;/h9-11H,6-8H2,1-5H3;2*1-2H3;1H4. The first-order valence-electron chi connectivity index (χ1n) is 7.43. The summed E-state index contributed by atoms with van der Waals surface area (Å²) in [6.07, 6.45) is 4.33. The van der Waals surface area contributed by atoms with Crippen LogP contribution in [0.25, 0.3) is 0 Å². The van der Waals surface area contributed by atoms with Gasteiger partial charge in [-0.2, -0.15) is 0 Å². The lowest BCUT2D eigenvalue weighted by Crippen LogP contribution is -2.31. The van der Waals surface area contributed by atoms with E-state index in [1.807, 2.05) is 27.7 Å². The van der Waals surface area contributed by atoms with Gasteiger partial charge in [-0.05, 0) is 42.4 Å². The molecule has 2 unspecified atom stereocenters. The average molecular weight is 245 g/mol. The maximum Gasteiger partial charge on any atom is -0.0328 e. The van der Waals surface area contributed by atoms with Crippen molar-refractivity contribution in [3.05, 3.63) is 0 Å². The van der Waals surface area contributed by atoms with Gasteiger partial charge in [-0.1, -0.05) is 69.7 Å². The second-order valence-electron chi connectivity index (χ2n) is 5.67. The molecule has 0 bridgehead atoms. The van der Waals surface area contributed by atoms with E-state index in [9.17, 15) is 0 Å². The van der Waals surface area contributed by atoms with E-state index in [0.717, 1.165) is 17.8 Å². The molecule has 2 atom stereocenters. The monoisotopic (exact) mass is 244 g/mol. The largest absolute Gasteiger partial charge is 0.0776 e. The van der Waals surface area contributed by atoms with E-state index in [1.54, 1.807) is 0 Å². The van der Waals surface area contributed by atoms with Crippen LogP contribution in [0.2, 0.25) is 0 Å². The smallest absolute Gasteiger partial charge is 0.0328 e. The molecule has 1 aliphatic carbocycles. The molecule has 1 saturated carbocycles. The molecule has 0 aromatic heterocycles. The lowest BCUT2D eigenvalue weighted by molar-refractivity contribution is 0.0913. The van der Waals surface area contributed by atoms with Gasteiger partial charge >= 0.3 is 0 Å². The van der Waals surface area contributed by atoms with Gasteiger partial charge < -0.3 is 0 Å². The predicted octanol–water partition coefficient (Wildman–Crippen LogP) is 6.79. The van der Waals surface area contributed by atoms with E-state index in [-0.39, 0.29) is 7.43 Å². The maximum atomic E-state index is 2.43. The summed E-state index contributed by atoms with van der Waals surface area (Å²) < 4.78 is 0. The van der Waals surface area contributed by atoms with Gasteiger partial charge in [-0.15, -0.1) is 0 Å². The van der Waals surface area contributed by atoms with Crippen LogP contribution in [0.5, 0.6) is 0 Å². The average Bonchev–Trinajstić information content (AvgIpc) is 2.27. The van der Waals surface area contributed by atoms with Crippen LogP contribution in [0.1, 0.15) is 89.0 Å². The van der Waals surface area contributed by atoms with Crippen molar-refractivity contribution in [3.8, 4) is 0 Å². The van der Waals surface area contributed by atoms with Gasteiger partial charge in [-0.3, -0.25) is 0 Å². The Labute approximate surface area is 113 Å². The first-order chi connectivity index (χ1) is 7.43. The zero-order chi connectivity index (χ0) is 13.4. The molecule has 0 amide bonds. The number of hydrogen-bond acceptors (Lipinski definition) is 0. The summed E-state index contributed by atoms with van der Waals surface area (Å²) in [5.41, 5.74) is 0.603. The van der Waals surface area contributed by atoms with Gasteiger partial charge in [0, 0.05) is 0 Å². The van der Waals surface area contributed by atoms with Crippen molar-refractivity contribution < 1.29 is 0 Å². The summed E-state index contributed by atoms with van der Waals surface area (Å²) in [5, 5.41) is 0. The van der Waals surface area contributed by atoms with E-state index in [1.165, 1.54) is 19.3 Å². The molecule has 1 fully saturated rings. The fourth-order valence-corrected chi connectivity index (χ4v) is 2.30. The molecule has 1 aliphatic rings. The number of rotatable bonds is 1.